The molecule has 1 aliphatic heterocycles. The number of nitrogens with zero attached hydrogens (tertiary/aromatic N) is 8. The van der Waals surface area contributed by atoms with E-state index in [1.165, 1.54) is 6.33 Å². The number of hydrogen-bond acceptors (Lipinski definition) is 8. The maximum Gasteiger partial charge on any atom is 0.181 e. The van der Waals surface area contributed by atoms with E-state index in [2.05, 4.69) is 41.6 Å². The molecule has 0 bridgehead atoms. The van der Waals surface area contributed by atoms with Crippen molar-refractivity contribution in [3.05, 3.63) is 84.8 Å². The van der Waals surface area contributed by atoms with E-state index >= 15 is 0 Å². The zero-order valence-corrected chi connectivity index (χ0v) is 20.4. The first kappa shape index (κ1) is 22.3. The minimum Gasteiger partial charge on any atom is -0.378 e. The number of fused-ring (bicyclic) bond motifs is 2. The summed E-state index contributed by atoms with van der Waals surface area (Å²) in [7, 11) is 0. The van der Waals surface area contributed by atoms with Gasteiger partial charge in [-0.2, -0.15) is 5.10 Å². The van der Waals surface area contributed by atoms with Crippen molar-refractivity contribution in [1.29, 1.82) is 0 Å². The number of benzene rings is 1. The largest absolute Gasteiger partial charge is 0.378 e. The molecule has 10 nitrogen and oxygen atoms in total. The second-order valence-corrected chi connectivity index (χ2v) is 8.95. The van der Waals surface area contributed by atoms with Crippen LogP contribution < -0.4 is 4.90 Å². The normalized spacial score (nSPS) is 14.2. The van der Waals surface area contributed by atoms with E-state index in [4.69, 9.17) is 19.7 Å². The van der Waals surface area contributed by atoms with Crippen molar-refractivity contribution in [2.75, 3.05) is 31.2 Å². The smallest absolute Gasteiger partial charge is 0.181 e. The van der Waals surface area contributed by atoms with E-state index in [1.807, 2.05) is 67.1 Å². The summed E-state index contributed by atoms with van der Waals surface area (Å²) in [6.07, 6.45) is 11.2. The summed E-state index contributed by atoms with van der Waals surface area (Å²) in [5.74, 6) is 1.46. The number of ether oxygens (including phenoxy) is 1. The fraction of sp³-hybridized carbons (Fsp3) is 0.143. The van der Waals surface area contributed by atoms with Crippen LogP contribution in [0.2, 0.25) is 0 Å². The summed E-state index contributed by atoms with van der Waals surface area (Å²) in [5, 5.41) is 7.87. The van der Waals surface area contributed by atoms with E-state index < -0.39 is 0 Å². The lowest BCUT2D eigenvalue weighted by Crippen LogP contribution is -2.37. The summed E-state index contributed by atoms with van der Waals surface area (Å²) in [6, 6.07) is 16.1. The minimum atomic E-state index is 0.625. The molecule has 0 spiro atoms. The lowest BCUT2D eigenvalue weighted by Gasteiger charge is -2.28. The molecule has 186 valence electrons. The monoisotopic (exact) mass is 501 g/mol. The Hall–Kier alpha value is -4.96. The van der Waals surface area contributed by atoms with Crippen molar-refractivity contribution >= 4 is 34.5 Å². The SMILES string of the molecule is C(=C\c1cn2c(-c3ccc(-c4ncn[nH]4)nc3)cnc(N3CCOCC3)c2n1)/c1ccc2ccccc2n1. The molecule has 0 saturated carbocycles. The molecular weight excluding hydrogens is 478 g/mol. The number of aromatic nitrogens is 8. The van der Waals surface area contributed by atoms with Crippen LogP contribution in [0.15, 0.2) is 73.4 Å². The summed E-state index contributed by atoms with van der Waals surface area (Å²) in [5.41, 5.74) is 5.97. The first-order valence-electron chi connectivity index (χ1n) is 12.4. The van der Waals surface area contributed by atoms with Gasteiger partial charge in [-0.05, 0) is 36.4 Å². The Morgan fingerprint density at radius 1 is 0.842 bits per heavy atom. The molecule has 1 saturated heterocycles. The van der Waals surface area contributed by atoms with E-state index in [9.17, 15) is 0 Å². The number of morpholine rings is 1. The van der Waals surface area contributed by atoms with Gasteiger partial charge in [-0.3, -0.25) is 14.5 Å². The Morgan fingerprint density at radius 2 is 1.74 bits per heavy atom. The number of imidazole rings is 1. The zero-order chi connectivity index (χ0) is 25.3. The van der Waals surface area contributed by atoms with Gasteiger partial charge in [0.15, 0.2) is 17.3 Å². The summed E-state index contributed by atoms with van der Waals surface area (Å²) in [6.45, 7) is 2.89. The van der Waals surface area contributed by atoms with Crippen molar-refractivity contribution in [2.45, 2.75) is 0 Å². The fourth-order valence-corrected chi connectivity index (χ4v) is 4.63. The van der Waals surface area contributed by atoms with Crippen LogP contribution in [0.1, 0.15) is 11.4 Å². The molecule has 1 fully saturated rings. The van der Waals surface area contributed by atoms with Gasteiger partial charge in [-0.25, -0.2) is 19.9 Å². The molecule has 0 unspecified atom stereocenters. The van der Waals surface area contributed by atoms with Gasteiger partial charge in [-0.15, -0.1) is 0 Å². The first-order chi connectivity index (χ1) is 18.8. The van der Waals surface area contributed by atoms with Gasteiger partial charge in [0.2, 0.25) is 0 Å². The van der Waals surface area contributed by atoms with Crippen LogP contribution in [0, 0.1) is 0 Å². The highest BCUT2D eigenvalue weighted by molar-refractivity contribution is 5.81. The van der Waals surface area contributed by atoms with Crippen LogP contribution in [0.5, 0.6) is 0 Å². The van der Waals surface area contributed by atoms with E-state index in [-0.39, 0.29) is 0 Å². The third kappa shape index (κ3) is 4.16. The molecule has 1 N–H and O–H groups in total. The Balaban J connectivity index is 1.29. The van der Waals surface area contributed by atoms with Gasteiger partial charge in [0.1, 0.15) is 12.0 Å². The third-order valence-electron chi connectivity index (χ3n) is 6.57. The second kappa shape index (κ2) is 9.49. The number of rotatable bonds is 5. The van der Waals surface area contributed by atoms with Gasteiger partial charge in [0, 0.05) is 36.4 Å². The summed E-state index contributed by atoms with van der Waals surface area (Å²) in [4.78, 5) is 25.5. The Morgan fingerprint density at radius 3 is 2.58 bits per heavy atom. The predicted octanol–water partition coefficient (Wildman–Crippen LogP) is 4.13. The van der Waals surface area contributed by atoms with Crippen molar-refractivity contribution < 1.29 is 4.74 Å². The van der Waals surface area contributed by atoms with Crippen LogP contribution in [0.3, 0.4) is 0 Å². The summed E-state index contributed by atoms with van der Waals surface area (Å²) >= 11 is 0. The minimum absolute atomic E-state index is 0.625. The van der Waals surface area contributed by atoms with Crippen LogP contribution in [0.25, 0.3) is 51.5 Å². The number of pyridine rings is 2. The van der Waals surface area contributed by atoms with E-state index in [1.54, 1.807) is 0 Å². The second-order valence-electron chi connectivity index (χ2n) is 8.95. The van der Waals surface area contributed by atoms with Crippen molar-refractivity contribution in [3.8, 4) is 22.8 Å². The first-order valence-corrected chi connectivity index (χ1v) is 12.4. The number of hydrogen-bond donors (Lipinski definition) is 1. The Labute approximate surface area is 217 Å². The molecule has 5 aromatic heterocycles. The highest BCUT2D eigenvalue weighted by Crippen LogP contribution is 2.28. The summed E-state index contributed by atoms with van der Waals surface area (Å²) < 4.78 is 7.64. The average Bonchev–Trinajstić information content (AvgIpc) is 3.67. The van der Waals surface area contributed by atoms with Gasteiger partial charge < -0.3 is 9.64 Å². The lowest BCUT2D eigenvalue weighted by molar-refractivity contribution is 0.122. The molecule has 0 aliphatic carbocycles. The number of aromatic amines is 1. The number of nitrogens with one attached hydrogen (secondary N) is 1. The van der Waals surface area contributed by atoms with Crippen LogP contribution in [-0.4, -0.2) is 65.8 Å². The standard InChI is InChI=1S/C28H23N9O/c1-2-4-23-19(3-1)5-7-21(33-23)8-9-22-17-37-25(20-6-10-24(29-15-20)26-31-18-32-35-26)16-30-27(28(37)34-22)36-11-13-38-14-12-36/h1-10,15-18H,11-14H2,(H,31,32,35)/b9-8+. The molecule has 38 heavy (non-hydrogen) atoms. The molecule has 6 aromatic rings. The van der Waals surface area contributed by atoms with Gasteiger partial charge in [-0.1, -0.05) is 24.3 Å². The molecular formula is C28H23N9O. The third-order valence-corrected chi connectivity index (χ3v) is 6.57. The van der Waals surface area contributed by atoms with Crippen molar-refractivity contribution in [2.24, 2.45) is 0 Å². The van der Waals surface area contributed by atoms with E-state index in [0.717, 1.165) is 63.8 Å². The lowest BCUT2D eigenvalue weighted by atomic mass is 10.2. The highest BCUT2D eigenvalue weighted by Gasteiger charge is 2.19. The Kier molecular flexibility index (Phi) is 5.56. The molecule has 0 atom stereocenters. The van der Waals surface area contributed by atoms with Gasteiger partial charge >= 0.3 is 0 Å². The fourth-order valence-electron chi connectivity index (χ4n) is 4.63. The number of para-hydroxylation sites is 1. The molecule has 0 radical (unpaired) electrons. The molecule has 1 aromatic carbocycles. The maximum absolute atomic E-state index is 5.56. The molecule has 1 aliphatic rings. The van der Waals surface area contributed by atoms with Crippen LogP contribution in [0.4, 0.5) is 5.82 Å². The quantitative estimate of drug-likeness (QED) is 0.376. The molecule has 0 amide bonds. The van der Waals surface area contributed by atoms with Gasteiger partial charge in [0.25, 0.3) is 0 Å². The molecule has 7 rings (SSSR count). The predicted molar refractivity (Wildman–Crippen MR) is 145 cm³/mol. The zero-order valence-electron chi connectivity index (χ0n) is 20.4. The topological polar surface area (TPSA) is 110 Å². The molecule has 10 heteroatoms. The number of H-pyrrole nitrogens is 1. The van der Waals surface area contributed by atoms with Crippen molar-refractivity contribution in [1.82, 2.24) is 39.5 Å². The van der Waals surface area contributed by atoms with Crippen LogP contribution >= 0.6 is 0 Å². The van der Waals surface area contributed by atoms with Gasteiger partial charge in [0.05, 0.1) is 42.0 Å². The van der Waals surface area contributed by atoms with Crippen LogP contribution in [-0.2, 0) is 4.74 Å². The number of anilines is 1. The Bertz CT molecular complexity index is 1750. The van der Waals surface area contributed by atoms with Crippen molar-refractivity contribution in [3.63, 3.8) is 0 Å². The van der Waals surface area contributed by atoms with E-state index in [0.29, 0.717) is 19.0 Å². The average molecular weight is 502 g/mol. The maximum atomic E-state index is 5.56. The highest BCUT2D eigenvalue weighted by atomic mass is 16.5. The molecule has 6 heterocycles.